The van der Waals surface area contributed by atoms with Crippen molar-refractivity contribution in [2.45, 2.75) is 103 Å². The third-order valence-corrected chi connectivity index (χ3v) is 11.5. The standard InChI is InChI=1S/C41H42N8O6.2C3H8.C2H6O/c1-54-41(53)44-21-36(52)49-17-3-5-32(49)40-45-28-13-10-25(18-29(28)46-40)23-6-8-24(9-7-23)26-11-12-27(38-34-15-14-33(55-34)37(26)38)30-19-43-39(47-30)31-4-2-16-48(31)35(51)20-42-22-50;3*1-3-2/h6-13,18-19,22,31-34H,2-5,14-17,20-21H2,1H3,(H,42,50)(H,43,47)(H,44,53)(H,45,46);2*3H2,1-2H3;1-2H3. The van der Waals surface area contributed by atoms with Crippen LogP contribution in [-0.4, -0.2) is 102 Å². The zero-order valence-electron chi connectivity index (χ0n) is 38.3. The quantitative estimate of drug-likeness (QED) is 0.0997. The summed E-state index contributed by atoms with van der Waals surface area (Å²) < 4.78 is 15.4. The zero-order valence-corrected chi connectivity index (χ0v) is 38.3. The van der Waals surface area contributed by atoms with Crippen LogP contribution in [0.4, 0.5) is 4.79 Å². The van der Waals surface area contributed by atoms with Gasteiger partial charge in [-0.15, -0.1) is 0 Å². The highest BCUT2D eigenvalue weighted by molar-refractivity contribution is 5.85. The summed E-state index contributed by atoms with van der Waals surface area (Å²) in [6.45, 7) is 9.61. The van der Waals surface area contributed by atoms with Crippen LogP contribution in [0.25, 0.3) is 44.5 Å². The lowest BCUT2D eigenvalue weighted by Gasteiger charge is -2.23. The molecule has 2 aromatic heterocycles. The molecular formula is C49H64N8O7. The summed E-state index contributed by atoms with van der Waals surface area (Å²) >= 11 is 0. The second-order valence-electron chi connectivity index (χ2n) is 16.4. The molecule has 4 aliphatic rings. The van der Waals surface area contributed by atoms with Gasteiger partial charge in [-0.1, -0.05) is 83.0 Å². The number of H-pyrrole nitrogens is 2. The molecule has 0 aliphatic carbocycles. The van der Waals surface area contributed by atoms with E-state index in [1.807, 2.05) is 12.3 Å². The number of rotatable bonds is 10. The largest absolute Gasteiger partial charge is 0.453 e. The fourth-order valence-corrected chi connectivity index (χ4v) is 8.98. The van der Waals surface area contributed by atoms with Crippen LogP contribution >= 0.6 is 0 Å². The van der Waals surface area contributed by atoms with Crippen molar-refractivity contribution in [2.75, 3.05) is 47.5 Å². The average molecular weight is 877 g/mol. The number of nitrogens with one attached hydrogen (secondary N) is 4. The van der Waals surface area contributed by atoms with Crippen molar-refractivity contribution >= 4 is 35.4 Å². The Hall–Kier alpha value is -6.06. The molecule has 4 unspecified atom stereocenters. The van der Waals surface area contributed by atoms with Gasteiger partial charge in [0.05, 0.1) is 60.9 Å². The van der Waals surface area contributed by atoms with Crippen molar-refractivity contribution in [3.05, 3.63) is 83.6 Å². The summed E-state index contributed by atoms with van der Waals surface area (Å²) in [6.07, 6.45) is 9.66. The average Bonchev–Trinajstić information content (AvgIpc) is 4.18. The molecule has 4 aliphatic heterocycles. The first-order valence-corrected chi connectivity index (χ1v) is 22.6. The van der Waals surface area contributed by atoms with Crippen molar-refractivity contribution in [3.63, 3.8) is 0 Å². The second-order valence-corrected chi connectivity index (χ2v) is 16.4. The summed E-state index contributed by atoms with van der Waals surface area (Å²) in [4.78, 5) is 68.1. The Labute approximate surface area is 376 Å². The Kier molecular flexibility index (Phi) is 16.7. The first-order valence-electron chi connectivity index (χ1n) is 22.6. The Balaban J connectivity index is 0.000000700. The highest BCUT2D eigenvalue weighted by Gasteiger charge is 2.42. The molecule has 4 N–H and O–H groups in total. The van der Waals surface area contributed by atoms with Gasteiger partial charge in [-0.25, -0.2) is 14.8 Å². The minimum absolute atomic E-state index is 0.0191. The lowest BCUT2D eigenvalue weighted by atomic mass is 9.82. The number of nitrogens with zero attached hydrogens (tertiary/aromatic N) is 4. The molecule has 5 aromatic rings. The minimum Gasteiger partial charge on any atom is -0.453 e. The molecule has 4 atom stereocenters. The summed E-state index contributed by atoms with van der Waals surface area (Å²) in [5.74, 6) is 1.22. The first kappa shape index (κ1) is 47.4. The minimum atomic E-state index is -0.633. The van der Waals surface area contributed by atoms with Gasteiger partial charge in [0, 0.05) is 32.9 Å². The first-order chi connectivity index (χ1) is 31.1. The van der Waals surface area contributed by atoms with E-state index in [9.17, 15) is 19.2 Å². The van der Waals surface area contributed by atoms with Crippen molar-refractivity contribution in [1.82, 2.24) is 40.4 Å². The number of methoxy groups -OCH3 is 2. The number of amides is 4. The number of fused-ring (bicyclic) bond motifs is 6. The summed E-state index contributed by atoms with van der Waals surface area (Å²) in [5, 5.41) is 4.97. The molecular weight excluding hydrogens is 813 g/mol. The number of aromatic nitrogens is 4. The Bertz CT molecular complexity index is 2350. The third-order valence-electron chi connectivity index (χ3n) is 11.5. The van der Waals surface area contributed by atoms with Gasteiger partial charge in [0.15, 0.2) is 0 Å². The van der Waals surface area contributed by atoms with Gasteiger partial charge in [-0.2, -0.15) is 0 Å². The van der Waals surface area contributed by atoms with E-state index in [-0.39, 0.29) is 49.2 Å². The molecule has 3 aromatic carbocycles. The molecule has 15 nitrogen and oxygen atoms in total. The van der Waals surface area contributed by atoms with Crippen LogP contribution in [0.5, 0.6) is 0 Å². The Morgan fingerprint density at radius 3 is 1.94 bits per heavy atom. The van der Waals surface area contributed by atoms with E-state index in [0.717, 1.165) is 89.2 Å². The predicted octanol–water partition coefficient (Wildman–Crippen LogP) is 8.72. The van der Waals surface area contributed by atoms with Crippen LogP contribution in [0.1, 0.15) is 126 Å². The van der Waals surface area contributed by atoms with Gasteiger partial charge >= 0.3 is 6.09 Å². The van der Waals surface area contributed by atoms with E-state index in [1.165, 1.54) is 36.6 Å². The smallest absolute Gasteiger partial charge is 0.407 e. The lowest BCUT2D eigenvalue weighted by molar-refractivity contribution is -0.132. The predicted molar refractivity (Wildman–Crippen MR) is 247 cm³/mol. The van der Waals surface area contributed by atoms with Crippen molar-refractivity contribution in [2.24, 2.45) is 0 Å². The fraction of sp³-hybridized carbons (Fsp3) is 0.469. The van der Waals surface area contributed by atoms with Crippen LogP contribution in [0, 0.1) is 0 Å². The van der Waals surface area contributed by atoms with Crippen LogP contribution < -0.4 is 10.6 Å². The topological polar surface area (TPSA) is 184 Å². The van der Waals surface area contributed by atoms with E-state index < -0.39 is 6.09 Å². The van der Waals surface area contributed by atoms with E-state index >= 15 is 0 Å². The maximum absolute atomic E-state index is 12.9. The maximum atomic E-state index is 12.9. The molecule has 9 rings (SSSR count). The van der Waals surface area contributed by atoms with Gasteiger partial charge in [-0.05, 0) is 84.0 Å². The Morgan fingerprint density at radius 1 is 0.750 bits per heavy atom. The molecule has 2 bridgehead atoms. The van der Waals surface area contributed by atoms with Crippen molar-refractivity contribution in [3.8, 4) is 33.5 Å². The number of aromatic amines is 2. The summed E-state index contributed by atoms with van der Waals surface area (Å²) in [6, 6.07) is 18.8. The molecule has 0 saturated carbocycles. The van der Waals surface area contributed by atoms with Crippen molar-refractivity contribution in [1.29, 1.82) is 0 Å². The normalized spacial score (nSPS) is 19.1. The molecule has 342 valence electrons. The molecule has 64 heavy (non-hydrogen) atoms. The molecule has 15 heteroatoms. The SMILES string of the molecule is CCC.CCC.COC.COC(=O)NCC(=O)N1CCCC1c1nc2ccc(-c3ccc(-c4ccc(-c5cnc(C6CCCN6C(=O)CNC=O)[nH]5)c5c4C4CCC5O4)cc3)cc2[nH]1. The van der Waals surface area contributed by atoms with Gasteiger partial charge in [0.25, 0.3) is 0 Å². The summed E-state index contributed by atoms with van der Waals surface area (Å²) in [7, 11) is 4.52. The van der Waals surface area contributed by atoms with Crippen LogP contribution in [0.2, 0.25) is 0 Å². The van der Waals surface area contributed by atoms with E-state index in [4.69, 9.17) is 14.7 Å². The van der Waals surface area contributed by atoms with Crippen molar-refractivity contribution < 1.29 is 33.4 Å². The molecule has 3 fully saturated rings. The van der Waals surface area contributed by atoms with Crippen LogP contribution in [-0.2, 0) is 28.6 Å². The number of benzene rings is 3. The number of carbonyl (C=O) groups excluding carboxylic acids is 4. The highest BCUT2D eigenvalue weighted by atomic mass is 16.5. The van der Waals surface area contributed by atoms with Gasteiger partial charge in [-0.3, -0.25) is 14.4 Å². The monoisotopic (exact) mass is 876 g/mol. The number of likely N-dealkylation sites (tertiary alicyclic amines) is 2. The molecule has 3 saturated heterocycles. The third kappa shape index (κ3) is 10.5. The zero-order chi connectivity index (χ0) is 45.8. The highest BCUT2D eigenvalue weighted by Crippen LogP contribution is 2.56. The number of carbonyl (C=O) groups is 4. The summed E-state index contributed by atoms with van der Waals surface area (Å²) in [5.41, 5.74) is 10.6. The number of hydrogen-bond donors (Lipinski definition) is 4. The number of hydrogen-bond acceptors (Lipinski definition) is 9. The fourth-order valence-electron chi connectivity index (χ4n) is 8.98. The number of ether oxygens (including phenoxy) is 3. The van der Waals surface area contributed by atoms with Gasteiger partial charge in [0.1, 0.15) is 18.2 Å². The number of imidazole rings is 2. The Morgan fingerprint density at radius 2 is 1.31 bits per heavy atom. The van der Waals surface area contributed by atoms with Crippen LogP contribution in [0.3, 0.4) is 0 Å². The lowest BCUT2D eigenvalue weighted by Crippen LogP contribution is -2.40. The molecule has 4 amide bonds. The molecule has 0 spiro atoms. The van der Waals surface area contributed by atoms with E-state index in [0.29, 0.717) is 19.5 Å². The van der Waals surface area contributed by atoms with Gasteiger partial charge in [0.2, 0.25) is 18.2 Å². The van der Waals surface area contributed by atoms with Gasteiger partial charge < -0.3 is 44.6 Å². The second kappa shape index (κ2) is 22.5. The maximum Gasteiger partial charge on any atom is 0.407 e. The van der Waals surface area contributed by atoms with E-state index in [1.54, 1.807) is 24.0 Å². The number of alkyl carbamates (subject to hydrolysis) is 1. The molecule has 6 heterocycles. The van der Waals surface area contributed by atoms with Crippen LogP contribution in [0.15, 0.2) is 60.8 Å². The molecule has 0 radical (unpaired) electrons. The van der Waals surface area contributed by atoms with E-state index in [2.05, 4.69) is 106 Å².